The quantitative estimate of drug-likeness (QED) is 0.890. The summed E-state index contributed by atoms with van der Waals surface area (Å²) in [5.74, 6) is 0.421. The fourth-order valence-electron chi connectivity index (χ4n) is 1.84. The van der Waals surface area contributed by atoms with E-state index in [0.29, 0.717) is 12.0 Å². The maximum atomic E-state index is 4.25. The zero-order valence-electron chi connectivity index (χ0n) is 10.6. The van der Waals surface area contributed by atoms with Crippen LogP contribution in [0.3, 0.4) is 0 Å². The number of rotatable bonds is 5. The maximum absolute atomic E-state index is 4.25. The number of likely N-dealkylation sites (N-methyl/N-ethyl adjacent to an activating group) is 1. The summed E-state index contributed by atoms with van der Waals surface area (Å²) in [7, 11) is 2.00. The van der Waals surface area contributed by atoms with Gasteiger partial charge in [-0.3, -0.25) is 0 Å². The van der Waals surface area contributed by atoms with E-state index in [1.807, 2.05) is 7.05 Å². The normalized spacial score (nSPS) is 13.2. The molecule has 1 N–H and O–H groups in total. The van der Waals surface area contributed by atoms with Crippen LogP contribution < -0.4 is 5.32 Å². The molecule has 3 nitrogen and oxygen atoms in total. The van der Waals surface area contributed by atoms with Crippen LogP contribution in [0.1, 0.15) is 41.3 Å². The second-order valence-electron chi connectivity index (χ2n) is 4.43. The smallest absolute Gasteiger partial charge is 0.0829 e. The van der Waals surface area contributed by atoms with Crippen molar-refractivity contribution in [3.8, 4) is 0 Å². The van der Waals surface area contributed by atoms with Crippen LogP contribution in [-0.4, -0.2) is 16.6 Å². The van der Waals surface area contributed by atoms with E-state index in [0.717, 1.165) is 12.1 Å². The van der Waals surface area contributed by atoms with Crippen LogP contribution >= 0.6 is 38.8 Å². The van der Waals surface area contributed by atoms with Gasteiger partial charge in [0.15, 0.2) is 0 Å². The molecule has 0 aliphatic heterocycles. The predicted octanol–water partition coefficient (Wildman–Crippen LogP) is 3.99. The van der Waals surface area contributed by atoms with Crippen LogP contribution in [-0.2, 0) is 6.42 Å². The second kappa shape index (κ2) is 6.23. The minimum Gasteiger partial charge on any atom is -0.312 e. The Morgan fingerprint density at radius 2 is 2.17 bits per heavy atom. The molecule has 0 aliphatic carbocycles. The molecule has 1 unspecified atom stereocenters. The van der Waals surface area contributed by atoms with E-state index in [4.69, 9.17) is 0 Å². The Labute approximate surface area is 124 Å². The summed E-state index contributed by atoms with van der Waals surface area (Å²) in [4.78, 5) is 2.63. The zero-order chi connectivity index (χ0) is 13.1. The van der Waals surface area contributed by atoms with E-state index in [2.05, 4.69) is 56.8 Å². The summed E-state index contributed by atoms with van der Waals surface area (Å²) in [6.07, 6.45) is 0.982. The lowest BCUT2D eigenvalue weighted by Crippen LogP contribution is -2.19. The Morgan fingerprint density at radius 3 is 2.72 bits per heavy atom. The molecule has 0 aliphatic rings. The van der Waals surface area contributed by atoms with Crippen molar-refractivity contribution in [3.05, 3.63) is 31.4 Å². The molecule has 0 radical (unpaired) electrons. The predicted molar refractivity (Wildman–Crippen MR) is 81.5 cm³/mol. The minimum absolute atomic E-state index is 0.299. The largest absolute Gasteiger partial charge is 0.312 e. The number of nitrogens with zero attached hydrogens (tertiary/aromatic N) is 2. The first-order valence-electron chi connectivity index (χ1n) is 5.85. The van der Waals surface area contributed by atoms with Gasteiger partial charge in [-0.15, -0.1) is 16.4 Å². The Balaban J connectivity index is 2.20. The average molecular weight is 346 g/mol. The van der Waals surface area contributed by atoms with Crippen LogP contribution in [0.2, 0.25) is 0 Å². The van der Waals surface area contributed by atoms with Gasteiger partial charge >= 0.3 is 0 Å². The molecule has 2 rings (SSSR count). The average Bonchev–Trinajstić information content (AvgIpc) is 2.94. The fourth-order valence-corrected chi connectivity index (χ4v) is 4.28. The van der Waals surface area contributed by atoms with Gasteiger partial charge in [0.2, 0.25) is 0 Å². The highest BCUT2D eigenvalue weighted by Gasteiger charge is 2.20. The molecule has 1 atom stereocenters. The maximum Gasteiger partial charge on any atom is 0.0829 e. The number of hydrogen-bond acceptors (Lipinski definition) is 5. The molecule has 0 spiro atoms. The monoisotopic (exact) mass is 345 g/mol. The molecular weight excluding hydrogens is 330 g/mol. The molecule has 18 heavy (non-hydrogen) atoms. The van der Waals surface area contributed by atoms with E-state index in [-0.39, 0.29) is 0 Å². The summed E-state index contributed by atoms with van der Waals surface area (Å²) < 4.78 is 5.28. The molecule has 0 fully saturated rings. The number of aromatic nitrogens is 2. The third-order valence-corrected chi connectivity index (χ3v) is 5.29. The molecule has 2 aromatic heterocycles. The lowest BCUT2D eigenvalue weighted by atomic mass is 10.0. The summed E-state index contributed by atoms with van der Waals surface area (Å²) in [6.45, 7) is 4.32. The zero-order valence-corrected chi connectivity index (χ0v) is 13.8. The summed E-state index contributed by atoms with van der Waals surface area (Å²) in [6, 6.07) is 4.57. The fraction of sp³-hybridized carbons (Fsp3) is 0.500. The number of halogens is 1. The van der Waals surface area contributed by atoms with Crippen molar-refractivity contribution < 1.29 is 0 Å². The highest BCUT2D eigenvalue weighted by atomic mass is 79.9. The van der Waals surface area contributed by atoms with Crippen molar-refractivity contribution in [2.75, 3.05) is 7.05 Å². The van der Waals surface area contributed by atoms with Gasteiger partial charge < -0.3 is 5.32 Å². The van der Waals surface area contributed by atoms with E-state index in [1.165, 1.54) is 25.1 Å². The Morgan fingerprint density at radius 1 is 1.39 bits per heavy atom. The van der Waals surface area contributed by atoms with Gasteiger partial charge in [0.25, 0.3) is 0 Å². The molecule has 0 amide bonds. The van der Waals surface area contributed by atoms with Gasteiger partial charge in [0, 0.05) is 17.3 Å². The third-order valence-electron chi connectivity index (χ3n) is 2.79. The molecule has 0 saturated carbocycles. The van der Waals surface area contributed by atoms with Crippen molar-refractivity contribution >= 4 is 38.8 Å². The number of thiophene rings is 1. The van der Waals surface area contributed by atoms with Crippen LogP contribution in [0.4, 0.5) is 0 Å². The van der Waals surface area contributed by atoms with Gasteiger partial charge in [-0.25, -0.2) is 0 Å². The highest BCUT2D eigenvalue weighted by molar-refractivity contribution is 9.11. The standard InChI is InChI=1S/C12H16BrN3S2/c1-7(2)11-12(18-16-15-11)9(14-3)6-8-4-5-10(13)17-8/h4-5,7,9,14H,6H2,1-3H3. The van der Waals surface area contributed by atoms with Gasteiger partial charge in [-0.05, 0) is 52.6 Å². The molecule has 2 aromatic rings. The molecule has 2 heterocycles. The lowest BCUT2D eigenvalue weighted by Gasteiger charge is -2.15. The summed E-state index contributed by atoms with van der Waals surface area (Å²) in [5.41, 5.74) is 1.12. The van der Waals surface area contributed by atoms with Crippen molar-refractivity contribution in [1.82, 2.24) is 14.9 Å². The van der Waals surface area contributed by atoms with E-state index in [1.54, 1.807) is 11.3 Å². The number of hydrogen-bond donors (Lipinski definition) is 1. The molecular formula is C12H16BrN3S2. The van der Waals surface area contributed by atoms with Crippen LogP contribution in [0.5, 0.6) is 0 Å². The molecule has 0 saturated heterocycles. The van der Waals surface area contributed by atoms with Gasteiger partial charge in [0.05, 0.1) is 14.4 Å². The van der Waals surface area contributed by atoms with Gasteiger partial charge in [-0.1, -0.05) is 18.3 Å². The third kappa shape index (κ3) is 3.17. The van der Waals surface area contributed by atoms with Gasteiger partial charge in [0.1, 0.15) is 0 Å². The van der Waals surface area contributed by atoms with Gasteiger partial charge in [-0.2, -0.15) is 0 Å². The Kier molecular flexibility index (Phi) is 4.89. The summed E-state index contributed by atoms with van der Waals surface area (Å²) in [5, 5.41) is 7.63. The van der Waals surface area contributed by atoms with E-state index < -0.39 is 0 Å². The van der Waals surface area contributed by atoms with Crippen LogP contribution in [0.25, 0.3) is 0 Å². The number of nitrogens with one attached hydrogen (secondary N) is 1. The lowest BCUT2D eigenvalue weighted by molar-refractivity contribution is 0.593. The van der Waals surface area contributed by atoms with Crippen molar-refractivity contribution in [2.45, 2.75) is 32.2 Å². The van der Waals surface area contributed by atoms with Crippen molar-refractivity contribution in [2.24, 2.45) is 0 Å². The summed E-state index contributed by atoms with van der Waals surface area (Å²) >= 11 is 6.80. The first-order valence-corrected chi connectivity index (χ1v) is 8.23. The second-order valence-corrected chi connectivity index (χ2v) is 7.76. The van der Waals surface area contributed by atoms with E-state index in [9.17, 15) is 0 Å². The topological polar surface area (TPSA) is 37.8 Å². The molecule has 0 bridgehead atoms. The molecule has 98 valence electrons. The van der Waals surface area contributed by atoms with E-state index >= 15 is 0 Å². The SMILES string of the molecule is CNC(Cc1ccc(Br)s1)c1snnc1C(C)C. The van der Waals surface area contributed by atoms with Crippen molar-refractivity contribution in [1.29, 1.82) is 0 Å². The molecule has 0 aromatic carbocycles. The van der Waals surface area contributed by atoms with Crippen LogP contribution in [0.15, 0.2) is 15.9 Å². The Bertz CT molecular complexity index is 507. The highest BCUT2D eigenvalue weighted by Crippen LogP contribution is 2.31. The molecule has 6 heteroatoms. The minimum atomic E-state index is 0.299. The first-order chi connectivity index (χ1) is 8.61. The first kappa shape index (κ1) is 14.1. The Hall–Kier alpha value is -0.300. The van der Waals surface area contributed by atoms with Crippen molar-refractivity contribution in [3.63, 3.8) is 0 Å². The van der Waals surface area contributed by atoms with Crippen LogP contribution in [0, 0.1) is 0 Å².